The number of thiazole rings is 1. The molecule has 1 saturated heterocycles. The summed E-state index contributed by atoms with van der Waals surface area (Å²) < 4.78 is 0.725. The average molecular weight is 493 g/mol. The van der Waals surface area contributed by atoms with Gasteiger partial charge in [-0.25, -0.2) is 0 Å². The first-order valence-corrected chi connectivity index (χ1v) is 13.3. The summed E-state index contributed by atoms with van der Waals surface area (Å²) in [6.45, 7) is 0. The van der Waals surface area contributed by atoms with E-state index >= 15 is 0 Å². The van der Waals surface area contributed by atoms with E-state index in [1.54, 1.807) is 29.2 Å². The fourth-order valence-corrected chi connectivity index (χ4v) is 10.3. The summed E-state index contributed by atoms with van der Waals surface area (Å²) in [5, 5.41) is 12.1. The first-order chi connectivity index (χ1) is 16.0. The highest BCUT2D eigenvalue weighted by molar-refractivity contribution is 8.00. The van der Waals surface area contributed by atoms with Crippen molar-refractivity contribution < 1.29 is 14.7 Å². The molecule has 2 aliphatic heterocycles. The molecule has 5 nitrogen and oxygen atoms in total. The minimum Gasteiger partial charge on any atom is -0.508 e. The predicted octanol–water partition coefficient (Wildman–Crippen LogP) is 5.19. The van der Waals surface area contributed by atoms with Crippen LogP contribution in [0.5, 0.6) is 5.75 Å². The number of nitrogens with one attached hydrogen (secondary N) is 1. The quantitative estimate of drug-likeness (QED) is 0.381. The minimum atomic E-state index is -0.286. The maximum Gasteiger partial charge on any atom is 0.238 e. The molecule has 7 rings (SSSR count). The largest absolute Gasteiger partial charge is 0.508 e. The average Bonchev–Trinajstić information content (AvgIpc) is 3.54. The summed E-state index contributed by atoms with van der Waals surface area (Å²) in [6, 6.07) is 16.8. The van der Waals surface area contributed by atoms with Gasteiger partial charge in [-0.1, -0.05) is 36.4 Å². The van der Waals surface area contributed by atoms with Crippen molar-refractivity contribution >= 4 is 52.8 Å². The number of aromatic nitrogens is 1. The Labute approximate surface area is 203 Å². The van der Waals surface area contributed by atoms with Gasteiger partial charge in [-0.05, 0) is 54.6 Å². The second-order valence-corrected chi connectivity index (χ2v) is 12.3. The number of carbonyl (C=O) groups is 2. The molecule has 2 bridgehead atoms. The molecule has 2 amide bonds. The van der Waals surface area contributed by atoms with Crippen LogP contribution in [0.15, 0.2) is 59.6 Å². The van der Waals surface area contributed by atoms with Gasteiger partial charge in [0.05, 0.1) is 22.5 Å². The molecule has 2 aromatic carbocycles. The van der Waals surface area contributed by atoms with Crippen LogP contribution in [0.3, 0.4) is 0 Å². The number of para-hydroxylation sites is 2. The van der Waals surface area contributed by atoms with Crippen LogP contribution in [0.4, 0.5) is 5.69 Å². The Hall–Kier alpha value is -2.42. The van der Waals surface area contributed by atoms with Crippen LogP contribution in [0, 0.1) is 33.5 Å². The lowest BCUT2D eigenvalue weighted by atomic mass is 9.68. The van der Waals surface area contributed by atoms with E-state index in [1.807, 2.05) is 48.5 Å². The standard InChI is InChI=1S/C25H20N2O3S3/c28-15-9-5-4-8-12(15)16-17-13-10-14(20(17)32-22-21(16)33-25(31)26-22)19-18(13)23(29)27(24(19)30)11-6-2-1-3-7-11/h1-9,13-14,16-20,28H,10H2,(H,26,31). The van der Waals surface area contributed by atoms with Gasteiger partial charge >= 0.3 is 0 Å². The van der Waals surface area contributed by atoms with Gasteiger partial charge in [0, 0.05) is 21.6 Å². The summed E-state index contributed by atoms with van der Waals surface area (Å²) in [6.07, 6.45) is 0.886. The Bertz CT molecular complexity index is 1370. The van der Waals surface area contributed by atoms with Gasteiger partial charge in [0.25, 0.3) is 0 Å². The topological polar surface area (TPSA) is 73.4 Å². The number of H-pyrrole nitrogens is 1. The van der Waals surface area contributed by atoms with E-state index < -0.39 is 0 Å². The van der Waals surface area contributed by atoms with Crippen molar-refractivity contribution in [3.63, 3.8) is 0 Å². The van der Waals surface area contributed by atoms with Gasteiger partial charge in [-0.15, -0.1) is 23.1 Å². The fourth-order valence-electron chi connectivity index (χ4n) is 6.95. The molecule has 2 aliphatic carbocycles. The number of aromatic amines is 1. The number of thioether (sulfide) groups is 1. The number of benzene rings is 2. The number of rotatable bonds is 2. The van der Waals surface area contributed by atoms with E-state index in [1.165, 1.54) is 4.90 Å². The van der Waals surface area contributed by atoms with E-state index in [0.717, 1.165) is 25.8 Å². The van der Waals surface area contributed by atoms with Gasteiger partial charge in [0.2, 0.25) is 11.8 Å². The Morgan fingerprint density at radius 1 is 0.970 bits per heavy atom. The van der Waals surface area contributed by atoms with Gasteiger partial charge in [0.15, 0.2) is 3.95 Å². The lowest BCUT2D eigenvalue weighted by molar-refractivity contribution is -0.123. The van der Waals surface area contributed by atoms with Gasteiger partial charge in [-0.3, -0.25) is 14.5 Å². The molecule has 3 fully saturated rings. The second kappa shape index (κ2) is 7.04. The summed E-state index contributed by atoms with van der Waals surface area (Å²) in [7, 11) is 0. The van der Waals surface area contributed by atoms with Crippen molar-refractivity contribution in [3.05, 3.63) is 69.0 Å². The maximum atomic E-state index is 13.7. The number of anilines is 1. The highest BCUT2D eigenvalue weighted by Crippen LogP contribution is 2.69. The summed E-state index contributed by atoms with van der Waals surface area (Å²) in [5.41, 5.74) is 1.55. The van der Waals surface area contributed by atoms with E-state index in [4.69, 9.17) is 12.2 Å². The number of imide groups is 1. The molecule has 7 unspecified atom stereocenters. The number of hydrogen-bond donors (Lipinski definition) is 2. The number of carbonyl (C=O) groups excluding carboxylic acids is 2. The van der Waals surface area contributed by atoms with Crippen LogP contribution in [-0.4, -0.2) is 27.2 Å². The normalized spacial score (nSPS) is 33.8. The third kappa shape index (κ3) is 2.63. The third-order valence-electron chi connectivity index (χ3n) is 8.01. The molecule has 4 aliphatic rings. The number of hydrogen-bond acceptors (Lipinski definition) is 6. The van der Waals surface area contributed by atoms with E-state index in [0.29, 0.717) is 5.69 Å². The zero-order chi connectivity index (χ0) is 22.4. The molecule has 1 aromatic heterocycles. The number of fused-ring (bicyclic) bond motifs is 9. The van der Waals surface area contributed by atoms with Crippen LogP contribution in [-0.2, 0) is 9.59 Å². The lowest BCUT2D eigenvalue weighted by Crippen LogP contribution is -2.42. The Morgan fingerprint density at radius 2 is 1.67 bits per heavy atom. The minimum absolute atomic E-state index is 0.0324. The third-order valence-corrected chi connectivity index (χ3v) is 11.0. The fraction of sp³-hybridized carbons (Fsp3) is 0.320. The number of phenolic OH excluding ortho intramolecular Hbond substituents is 1. The molecule has 0 spiro atoms. The molecule has 7 atom stereocenters. The summed E-state index contributed by atoms with van der Waals surface area (Å²) >= 11 is 8.84. The highest BCUT2D eigenvalue weighted by atomic mass is 32.2. The zero-order valence-electron chi connectivity index (χ0n) is 17.4. The van der Waals surface area contributed by atoms with Gasteiger partial charge < -0.3 is 10.1 Å². The molecule has 166 valence electrons. The number of phenols is 1. The molecule has 2 saturated carbocycles. The highest BCUT2D eigenvalue weighted by Gasteiger charge is 2.69. The molecule has 3 aromatic rings. The van der Waals surface area contributed by atoms with Gasteiger partial charge in [-0.2, -0.15) is 0 Å². The Morgan fingerprint density at radius 3 is 2.42 bits per heavy atom. The molecular weight excluding hydrogens is 472 g/mol. The molecular formula is C25H20N2O3S3. The van der Waals surface area contributed by atoms with Crippen molar-refractivity contribution in [1.82, 2.24) is 4.98 Å². The maximum absolute atomic E-state index is 13.7. The number of aromatic hydroxyl groups is 1. The van der Waals surface area contributed by atoms with E-state index in [9.17, 15) is 14.7 Å². The van der Waals surface area contributed by atoms with Crippen LogP contribution in [0.25, 0.3) is 0 Å². The van der Waals surface area contributed by atoms with Crippen LogP contribution in [0.2, 0.25) is 0 Å². The lowest BCUT2D eigenvalue weighted by Gasteiger charge is -2.43. The van der Waals surface area contributed by atoms with Crippen molar-refractivity contribution in [2.24, 2.45) is 29.6 Å². The van der Waals surface area contributed by atoms with Crippen molar-refractivity contribution in [1.29, 1.82) is 0 Å². The van der Waals surface area contributed by atoms with Crippen LogP contribution in [0.1, 0.15) is 22.8 Å². The molecule has 8 heteroatoms. The molecule has 33 heavy (non-hydrogen) atoms. The molecule has 0 radical (unpaired) electrons. The summed E-state index contributed by atoms with van der Waals surface area (Å²) in [5.74, 6) is 0.0145. The molecule has 3 heterocycles. The van der Waals surface area contributed by atoms with E-state index in [-0.39, 0.29) is 58.3 Å². The van der Waals surface area contributed by atoms with Crippen molar-refractivity contribution in [2.45, 2.75) is 22.6 Å². The Balaban J connectivity index is 1.36. The first kappa shape index (κ1) is 20.0. The predicted molar refractivity (Wildman–Crippen MR) is 130 cm³/mol. The number of amides is 2. The zero-order valence-corrected chi connectivity index (χ0v) is 19.8. The van der Waals surface area contributed by atoms with Crippen molar-refractivity contribution in [3.8, 4) is 5.75 Å². The monoisotopic (exact) mass is 492 g/mol. The van der Waals surface area contributed by atoms with Gasteiger partial charge in [0.1, 0.15) is 5.75 Å². The van der Waals surface area contributed by atoms with Crippen LogP contribution >= 0.6 is 35.3 Å². The smallest absolute Gasteiger partial charge is 0.238 e. The van der Waals surface area contributed by atoms with Crippen LogP contribution < -0.4 is 4.90 Å². The van der Waals surface area contributed by atoms with Crippen molar-refractivity contribution in [2.75, 3.05) is 4.90 Å². The molecule has 2 N–H and O–H groups in total. The number of nitrogens with zero attached hydrogens (tertiary/aromatic N) is 1. The first-order valence-electron chi connectivity index (χ1n) is 11.1. The SMILES string of the molecule is O=C1C2C3CC(C2C(=O)N1c1ccccc1)C1C(c2ccccc2O)c2sc(=S)[nH]c2SC31. The Kier molecular flexibility index (Phi) is 4.27. The second-order valence-electron chi connectivity index (χ2n) is 9.37. The van der Waals surface area contributed by atoms with E-state index in [2.05, 4.69) is 4.98 Å². The summed E-state index contributed by atoms with van der Waals surface area (Å²) in [4.78, 5) is 33.1.